The number of aromatic nitrogens is 6. The number of nitrogens with zero attached hydrogens (tertiary/aromatic N) is 5. The van der Waals surface area contributed by atoms with Gasteiger partial charge in [-0.2, -0.15) is 0 Å². The Morgan fingerprint density at radius 2 is 1.94 bits per heavy atom. The third-order valence-electron chi connectivity index (χ3n) is 4.86. The van der Waals surface area contributed by atoms with Crippen LogP contribution < -0.4 is 21.0 Å². The first-order chi connectivity index (χ1) is 16.6. The van der Waals surface area contributed by atoms with Crippen molar-refractivity contribution in [3.05, 3.63) is 77.1 Å². The first-order valence-corrected chi connectivity index (χ1v) is 10.6. The highest BCUT2D eigenvalue weighted by Gasteiger charge is 2.16. The molecule has 0 spiro atoms. The first-order valence-electron chi connectivity index (χ1n) is 10.6. The number of H-pyrrole nitrogens is 1. The number of methoxy groups -OCH3 is 1. The molecular formula is C23H23FN8O2. The lowest BCUT2D eigenvalue weighted by molar-refractivity contribution is 0.415. The lowest BCUT2D eigenvalue weighted by Crippen LogP contribution is -2.32. The van der Waals surface area contributed by atoms with E-state index >= 15 is 0 Å². The van der Waals surface area contributed by atoms with Gasteiger partial charge in [-0.1, -0.05) is 26.0 Å². The van der Waals surface area contributed by atoms with Gasteiger partial charge in [0.15, 0.2) is 17.3 Å². The maximum atomic E-state index is 14.5. The molecule has 10 nitrogen and oxygen atoms in total. The van der Waals surface area contributed by atoms with E-state index in [-0.39, 0.29) is 17.4 Å². The summed E-state index contributed by atoms with van der Waals surface area (Å²) >= 11 is 0. The van der Waals surface area contributed by atoms with Gasteiger partial charge in [0.2, 0.25) is 0 Å². The molecule has 5 aromatic rings. The summed E-state index contributed by atoms with van der Waals surface area (Å²) in [4.78, 5) is 33.1. The lowest BCUT2D eigenvalue weighted by atomic mass is 10.2. The zero-order valence-electron chi connectivity index (χ0n) is 18.8. The average Bonchev–Trinajstić information content (AvgIpc) is 3.36. The van der Waals surface area contributed by atoms with E-state index in [0.717, 1.165) is 0 Å². The number of fused-ring (bicyclic) bond motifs is 2. The molecule has 0 aliphatic heterocycles. The van der Waals surface area contributed by atoms with Crippen LogP contribution in [-0.4, -0.2) is 36.7 Å². The quantitative estimate of drug-likeness (QED) is 0.349. The standard InChI is InChI=1S/C21H17FN8O2.C2H6/c1-32-13-5-2-4-12(8-13)29-30-16(28-15-7-3-6-14(22)17(15)21(30)31)9-23-19-18-20(25-10-24-18)27-11-26-19;1-2/h2-8,10-11,29H,9H2,1H3,(H2,23,24,25,26,27);1-2H3. The minimum Gasteiger partial charge on any atom is -0.497 e. The second-order valence-electron chi connectivity index (χ2n) is 6.82. The summed E-state index contributed by atoms with van der Waals surface area (Å²) in [6.07, 6.45) is 2.90. The Labute approximate surface area is 193 Å². The molecule has 0 aliphatic carbocycles. The maximum Gasteiger partial charge on any atom is 0.283 e. The number of ether oxygens (including phenoxy) is 1. The van der Waals surface area contributed by atoms with Crippen LogP contribution in [0.1, 0.15) is 19.7 Å². The van der Waals surface area contributed by atoms with Crippen LogP contribution in [0.3, 0.4) is 0 Å². The van der Waals surface area contributed by atoms with E-state index in [1.54, 1.807) is 37.4 Å². The highest BCUT2D eigenvalue weighted by Crippen LogP contribution is 2.19. The number of benzene rings is 2. The molecule has 0 amide bonds. The van der Waals surface area contributed by atoms with Gasteiger partial charge >= 0.3 is 0 Å². The van der Waals surface area contributed by atoms with Crippen molar-refractivity contribution in [2.75, 3.05) is 17.9 Å². The van der Waals surface area contributed by atoms with Crippen LogP contribution in [0, 0.1) is 5.82 Å². The fourth-order valence-electron chi connectivity index (χ4n) is 3.35. The van der Waals surface area contributed by atoms with Crippen molar-refractivity contribution in [2.24, 2.45) is 0 Å². The molecule has 0 saturated heterocycles. The summed E-state index contributed by atoms with van der Waals surface area (Å²) in [5.74, 6) is 0.775. The largest absolute Gasteiger partial charge is 0.497 e. The molecule has 0 radical (unpaired) electrons. The molecule has 174 valence electrons. The first kappa shape index (κ1) is 22.6. The third-order valence-corrected chi connectivity index (χ3v) is 4.86. The molecule has 3 aromatic heterocycles. The van der Waals surface area contributed by atoms with Crippen LogP contribution in [0.4, 0.5) is 15.9 Å². The minimum absolute atomic E-state index is 0.107. The van der Waals surface area contributed by atoms with Crippen LogP contribution in [0.5, 0.6) is 5.75 Å². The maximum absolute atomic E-state index is 14.5. The number of nitrogens with one attached hydrogen (secondary N) is 3. The highest BCUT2D eigenvalue weighted by molar-refractivity contribution is 5.82. The van der Waals surface area contributed by atoms with Crippen molar-refractivity contribution < 1.29 is 9.13 Å². The van der Waals surface area contributed by atoms with Crippen LogP contribution in [0.2, 0.25) is 0 Å². The highest BCUT2D eigenvalue weighted by atomic mass is 19.1. The van der Waals surface area contributed by atoms with E-state index in [9.17, 15) is 9.18 Å². The number of aromatic amines is 1. The Bertz CT molecular complexity index is 1500. The van der Waals surface area contributed by atoms with Gasteiger partial charge in [-0.15, -0.1) is 0 Å². The molecule has 34 heavy (non-hydrogen) atoms. The Morgan fingerprint density at radius 3 is 2.76 bits per heavy atom. The number of rotatable bonds is 6. The molecule has 2 aromatic carbocycles. The fourth-order valence-corrected chi connectivity index (χ4v) is 3.35. The summed E-state index contributed by atoms with van der Waals surface area (Å²) in [5.41, 5.74) is 4.39. The molecule has 0 fully saturated rings. The molecule has 5 rings (SSSR count). The zero-order valence-corrected chi connectivity index (χ0v) is 18.8. The molecule has 0 atom stereocenters. The minimum atomic E-state index is -0.643. The van der Waals surface area contributed by atoms with Crippen molar-refractivity contribution in [3.8, 4) is 5.75 Å². The molecule has 3 heterocycles. The van der Waals surface area contributed by atoms with E-state index in [0.29, 0.717) is 34.2 Å². The Hall–Kier alpha value is -4.54. The number of anilines is 2. The van der Waals surface area contributed by atoms with Gasteiger partial charge in [-0.05, 0) is 24.3 Å². The van der Waals surface area contributed by atoms with Crippen molar-refractivity contribution in [1.82, 2.24) is 29.6 Å². The Morgan fingerprint density at radius 1 is 1.12 bits per heavy atom. The molecule has 11 heteroatoms. The van der Waals surface area contributed by atoms with Gasteiger partial charge in [0, 0.05) is 6.07 Å². The predicted octanol–water partition coefficient (Wildman–Crippen LogP) is 3.72. The molecular weight excluding hydrogens is 439 g/mol. The van der Waals surface area contributed by atoms with Crippen LogP contribution in [0.15, 0.2) is 59.9 Å². The number of imidazole rings is 1. The van der Waals surface area contributed by atoms with Gasteiger partial charge in [-0.25, -0.2) is 29.0 Å². The molecule has 3 N–H and O–H groups in total. The van der Waals surface area contributed by atoms with Gasteiger partial charge in [-0.3, -0.25) is 10.2 Å². The average molecular weight is 462 g/mol. The van der Waals surface area contributed by atoms with Crippen molar-refractivity contribution >= 4 is 33.6 Å². The normalized spacial score (nSPS) is 10.6. The van der Waals surface area contributed by atoms with E-state index in [4.69, 9.17) is 4.74 Å². The van der Waals surface area contributed by atoms with Crippen LogP contribution in [-0.2, 0) is 6.54 Å². The molecule has 0 aliphatic rings. The number of hydrogen-bond acceptors (Lipinski definition) is 8. The summed E-state index contributed by atoms with van der Waals surface area (Å²) in [7, 11) is 1.55. The van der Waals surface area contributed by atoms with Gasteiger partial charge in [0.05, 0.1) is 31.2 Å². The summed E-state index contributed by atoms with van der Waals surface area (Å²) in [6.45, 7) is 4.11. The summed E-state index contributed by atoms with van der Waals surface area (Å²) in [6, 6.07) is 11.4. The van der Waals surface area contributed by atoms with Crippen molar-refractivity contribution in [2.45, 2.75) is 20.4 Å². The number of halogens is 1. The smallest absolute Gasteiger partial charge is 0.283 e. The Kier molecular flexibility index (Phi) is 6.62. The monoisotopic (exact) mass is 462 g/mol. The molecule has 0 bridgehead atoms. The van der Waals surface area contributed by atoms with Crippen LogP contribution >= 0.6 is 0 Å². The van der Waals surface area contributed by atoms with E-state index in [2.05, 4.69) is 35.7 Å². The predicted molar refractivity (Wildman–Crippen MR) is 128 cm³/mol. The molecule has 0 saturated carbocycles. The number of hydrogen-bond donors (Lipinski definition) is 3. The van der Waals surface area contributed by atoms with E-state index in [1.807, 2.05) is 13.8 Å². The lowest BCUT2D eigenvalue weighted by Gasteiger charge is -2.16. The van der Waals surface area contributed by atoms with E-state index in [1.165, 1.54) is 29.5 Å². The SMILES string of the molecule is CC.COc1cccc(Nn2c(CNc3ncnc4nc[nH]c34)nc3cccc(F)c3c2=O)c1. The van der Waals surface area contributed by atoms with E-state index < -0.39 is 11.4 Å². The van der Waals surface area contributed by atoms with Crippen molar-refractivity contribution in [1.29, 1.82) is 0 Å². The topological polar surface area (TPSA) is 123 Å². The second kappa shape index (κ2) is 9.94. The fraction of sp³-hybridized carbons (Fsp3) is 0.174. The molecule has 0 unspecified atom stereocenters. The van der Waals surface area contributed by atoms with Gasteiger partial charge in [0.1, 0.15) is 28.8 Å². The summed E-state index contributed by atoms with van der Waals surface area (Å²) < 4.78 is 20.9. The van der Waals surface area contributed by atoms with Gasteiger partial charge < -0.3 is 15.0 Å². The third kappa shape index (κ3) is 4.35. The summed E-state index contributed by atoms with van der Waals surface area (Å²) in [5, 5.41) is 3.04. The van der Waals surface area contributed by atoms with Crippen LogP contribution in [0.25, 0.3) is 22.1 Å². The zero-order chi connectivity index (χ0) is 24.1. The van der Waals surface area contributed by atoms with Crippen molar-refractivity contribution in [3.63, 3.8) is 0 Å². The van der Waals surface area contributed by atoms with Gasteiger partial charge in [0.25, 0.3) is 5.56 Å². The Balaban J connectivity index is 0.00000133. The second-order valence-corrected chi connectivity index (χ2v) is 6.82.